The first-order chi connectivity index (χ1) is 15.3. The number of halogens is 1. The van der Waals surface area contributed by atoms with Crippen molar-refractivity contribution >= 4 is 23.1 Å². The van der Waals surface area contributed by atoms with Crippen molar-refractivity contribution in [2.24, 2.45) is 5.41 Å². The lowest BCUT2D eigenvalue weighted by molar-refractivity contribution is -0.118. The van der Waals surface area contributed by atoms with Gasteiger partial charge in [-0.3, -0.25) is 14.5 Å². The molecule has 5 rings (SSSR count). The van der Waals surface area contributed by atoms with Gasteiger partial charge in [0.15, 0.2) is 5.78 Å². The topological polar surface area (TPSA) is 62.6 Å². The predicted octanol–water partition coefficient (Wildman–Crippen LogP) is 5.88. The number of hydrogen-bond donors (Lipinski definition) is 1. The molecule has 1 atom stereocenters. The van der Waals surface area contributed by atoms with Crippen molar-refractivity contribution in [3.63, 3.8) is 0 Å². The molecule has 162 valence electrons. The lowest BCUT2D eigenvalue weighted by atomic mass is 9.74. The van der Waals surface area contributed by atoms with Crippen LogP contribution in [0.2, 0.25) is 0 Å². The molecule has 6 heteroatoms. The SMILES string of the molecule is CC1(C)CC(=O)C2=C(C1)Nc1ccccc1N(C(=O)c1ccc(F)cc1)[C@@H]2c1ccco1. The molecule has 0 spiro atoms. The molecule has 1 aliphatic carbocycles. The number of anilines is 2. The summed E-state index contributed by atoms with van der Waals surface area (Å²) in [6.07, 6.45) is 2.58. The number of Topliss-reactive ketones (excluding diaryl/α,β-unsaturated/α-hetero) is 1. The molecule has 3 aromatic rings. The Morgan fingerprint density at radius 2 is 1.81 bits per heavy atom. The Kier molecular flexibility index (Phi) is 4.73. The smallest absolute Gasteiger partial charge is 0.259 e. The van der Waals surface area contributed by atoms with Crippen molar-refractivity contribution in [2.45, 2.75) is 32.7 Å². The van der Waals surface area contributed by atoms with E-state index >= 15 is 0 Å². The minimum atomic E-state index is -0.739. The third-order valence-electron chi connectivity index (χ3n) is 6.02. The van der Waals surface area contributed by atoms with Gasteiger partial charge < -0.3 is 9.73 Å². The summed E-state index contributed by atoms with van der Waals surface area (Å²) >= 11 is 0. The second kappa shape index (κ2) is 7.48. The van der Waals surface area contributed by atoms with Gasteiger partial charge in [-0.1, -0.05) is 26.0 Å². The van der Waals surface area contributed by atoms with E-state index in [-0.39, 0.29) is 17.1 Å². The molecule has 1 aliphatic heterocycles. The first kappa shape index (κ1) is 20.2. The summed E-state index contributed by atoms with van der Waals surface area (Å²) in [5, 5.41) is 3.45. The molecule has 2 heterocycles. The number of carbonyl (C=O) groups is 2. The second-order valence-corrected chi connectivity index (χ2v) is 9.08. The maximum absolute atomic E-state index is 13.8. The number of ketones is 1. The molecule has 1 amide bonds. The second-order valence-electron chi connectivity index (χ2n) is 9.08. The maximum Gasteiger partial charge on any atom is 0.259 e. The number of amides is 1. The molecule has 32 heavy (non-hydrogen) atoms. The van der Waals surface area contributed by atoms with E-state index in [4.69, 9.17) is 4.42 Å². The lowest BCUT2D eigenvalue weighted by Gasteiger charge is -2.36. The zero-order valence-electron chi connectivity index (χ0n) is 17.9. The minimum absolute atomic E-state index is 0.0186. The van der Waals surface area contributed by atoms with E-state index in [2.05, 4.69) is 19.2 Å². The van der Waals surface area contributed by atoms with Crippen LogP contribution in [-0.4, -0.2) is 11.7 Å². The summed E-state index contributed by atoms with van der Waals surface area (Å²) in [7, 11) is 0. The van der Waals surface area contributed by atoms with Gasteiger partial charge in [-0.05, 0) is 60.4 Å². The molecule has 0 radical (unpaired) electrons. The van der Waals surface area contributed by atoms with Crippen LogP contribution in [0.5, 0.6) is 0 Å². The Balaban J connectivity index is 1.76. The molecule has 0 bridgehead atoms. The Morgan fingerprint density at radius 1 is 1.06 bits per heavy atom. The molecular formula is C26H23FN2O3. The van der Waals surface area contributed by atoms with Crippen molar-refractivity contribution in [3.05, 3.63) is 95.3 Å². The van der Waals surface area contributed by atoms with Crippen LogP contribution in [0, 0.1) is 11.2 Å². The van der Waals surface area contributed by atoms with Gasteiger partial charge in [0.25, 0.3) is 5.91 Å². The van der Waals surface area contributed by atoms with E-state index < -0.39 is 11.9 Å². The average Bonchev–Trinajstić information content (AvgIpc) is 3.23. The molecule has 0 saturated heterocycles. The van der Waals surface area contributed by atoms with Crippen molar-refractivity contribution in [3.8, 4) is 0 Å². The summed E-state index contributed by atoms with van der Waals surface area (Å²) < 4.78 is 19.3. The third-order valence-corrected chi connectivity index (χ3v) is 6.02. The first-order valence-electron chi connectivity index (χ1n) is 10.6. The fourth-order valence-electron chi connectivity index (χ4n) is 4.66. The summed E-state index contributed by atoms with van der Waals surface area (Å²) in [6, 6.07) is 15.7. The zero-order chi connectivity index (χ0) is 22.5. The van der Waals surface area contributed by atoms with E-state index in [1.54, 1.807) is 17.0 Å². The molecule has 2 aromatic carbocycles. The highest BCUT2D eigenvalue weighted by Crippen LogP contribution is 2.48. The lowest BCUT2D eigenvalue weighted by Crippen LogP contribution is -2.39. The van der Waals surface area contributed by atoms with E-state index in [0.29, 0.717) is 35.4 Å². The molecule has 0 fully saturated rings. The van der Waals surface area contributed by atoms with Crippen molar-refractivity contribution in [1.82, 2.24) is 0 Å². The first-order valence-corrected chi connectivity index (χ1v) is 10.6. The molecule has 0 saturated carbocycles. The number of nitrogens with zero attached hydrogens (tertiary/aromatic N) is 1. The highest BCUT2D eigenvalue weighted by molar-refractivity contribution is 6.11. The van der Waals surface area contributed by atoms with Crippen molar-refractivity contribution in [1.29, 1.82) is 0 Å². The van der Waals surface area contributed by atoms with Crippen LogP contribution < -0.4 is 10.2 Å². The van der Waals surface area contributed by atoms with Crippen LogP contribution in [0.15, 0.2) is 82.6 Å². The van der Waals surface area contributed by atoms with E-state index in [1.165, 1.54) is 30.5 Å². The van der Waals surface area contributed by atoms with E-state index in [9.17, 15) is 14.0 Å². The number of benzene rings is 2. The van der Waals surface area contributed by atoms with Crippen molar-refractivity contribution in [2.75, 3.05) is 10.2 Å². The normalized spacial score (nSPS) is 19.7. The number of rotatable bonds is 2. The third kappa shape index (κ3) is 3.42. The van der Waals surface area contributed by atoms with E-state index in [0.717, 1.165) is 11.4 Å². The number of fused-ring (bicyclic) bond motifs is 1. The van der Waals surface area contributed by atoms with Crippen LogP contribution in [-0.2, 0) is 4.79 Å². The number of allylic oxidation sites excluding steroid dienone is 1. The summed E-state index contributed by atoms with van der Waals surface area (Å²) in [6.45, 7) is 4.13. The number of nitrogens with one attached hydrogen (secondary N) is 1. The van der Waals surface area contributed by atoms with Gasteiger partial charge in [0.2, 0.25) is 0 Å². The van der Waals surface area contributed by atoms with Crippen LogP contribution in [0.25, 0.3) is 0 Å². The zero-order valence-corrected chi connectivity index (χ0v) is 17.9. The standard InChI is InChI=1S/C26H23FN2O3/c1-26(2)14-19-23(21(30)15-26)24(22-8-5-13-32-22)29(20-7-4-3-6-18(20)28-19)25(31)16-9-11-17(27)12-10-16/h3-13,24,28H,14-15H2,1-2H3/t24-/m1/s1. The highest BCUT2D eigenvalue weighted by Gasteiger charge is 2.44. The molecule has 5 nitrogen and oxygen atoms in total. The Morgan fingerprint density at radius 3 is 2.53 bits per heavy atom. The minimum Gasteiger partial charge on any atom is -0.467 e. The summed E-state index contributed by atoms with van der Waals surface area (Å²) in [4.78, 5) is 28.9. The van der Waals surface area contributed by atoms with Gasteiger partial charge in [-0.25, -0.2) is 4.39 Å². The van der Waals surface area contributed by atoms with Crippen LogP contribution >= 0.6 is 0 Å². The summed E-state index contributed by atoms with van der Waals surface area (Å²) in [5.74, 6) is -0.279. The van der Waals surface area contributed by atoms with Gasteiger partial charge in [0, 0.05) is 23.3 Å². The van der Waals surface area contributed by atoms with Crippen LogP contribution in [0.3, 0.4) is 0 Å². The Bertz CT molecular complexity index is 1230. The van der Waals surface area contributed by atoms with Crippen LogP contribution in [0.1, 0.15) is 48.8 Å². The number of para-hydroxylation sites is 2. The maximum atomic E-state index is 13.8. The van der Waals surface area contributed by atoms with Gasteiger partial charge in [0.05, 0.1) is 17.6 Å². The predicted molar refractivity (Wildman–Crippen MR) is 120 cm³/mol. The number of carbonyl (C=O) groups excluding carboxylic acids is 2. The monoisotopic (exact) mass is 430 g/mol. The largest absolute Gasteiger partial charge is 0.467 e. The Labute approximate surface area is 185 Å². The summed E-state index contributed by atoms with van der Waals surface area (Å²) in [5.41, 5.74) is 2.81. The molecular weight excluding hydrogens is 407 g/mol. The molecule has 1 N–H and O–H groups in total. The van der Waals surface area contributed by atoms with Crippen molar-refractivity contribution < 1.29 is 18.4 Å². The number of furan rings is 1. The molecule has 2 aliphatic rings. The van der Waals surface area contributed by atoms with Gasteiger partial charge in [-0.2, -0.15) is 0 Å². The van der Waals surface area contributed by atoms with E-state index in [1.807, 2.05) is 24.3 Å². The Hall–Kier alpha value is -3.67. The van der Waals surface area contributed by atoms with Gasteiger partial charge in [-0.15, -0.1) is 0 Å². The quantitative estimate of drug-likeness (QED) is 0.552. The fraction of sp³-hybridized carbons (Fsp3) is 0.231. The van der Waals surface area contributed by atoms with Gasteiger partial charge >= 0.3 is 0 Å². The molecule has 0 unspecified atom stereocenters. The van der Waals surface area contributed by atoms with Crippen LogP contribution in [0.4, 0.5) is 15.8 Å². The van der Waals surface area contributed by atoms with Gasteiger partial charge in [0.1, 0.15) is 17.6 Å². The average molecular weight is 430 g/mol. The fourth-order valence-corrected chi connectivity index (χ4v) is 4.66. The highest BCUT2D eigenvalue weighted by atomic mass is 19.1. The number of hydrogen-bond acceptors (Lipinski definition) is 4. The molecule has 1 aromatic heterocycles.